The lowest BCUT2D eigenvalue weighted by molar-refractivity contribution is -0.140. The van der Waals surface area contributed by atoms with Crippen molar-refractivity contribution in [3.8, 4) is 11.3 Å². The number of hydrogen-bond acceptors (Lipinski definition) is 5. The molecule has 2 aromatic heterocycles. The lowest BCUT2D eigenvalue weighted by Gasteiger charge is -2.04. The van der Waals surface area contributed by atoms with Gasteiger partial charge in [-0.05, 0) is 66.6 Å². The van der Waals surface area contributed by atoms with E-state index in [1.165, 1.54) is 6.92 Å². The van der Waals surface area contributed by atoms with Crippen LogP contribution in [0.25, 0.3) is 33.1 Å². The van der Waals surface area contributed by atoms with Crippen LogP contribution in [-0.2, 0) is 16.7 Å². The number of aromatic nitrogens is 1. The molecule has 0 aliphatic rings. The smallest absolute Gasteiger partial charge is 0.331 e. The molecule has 0 radical (unpaired) electrons. The van der Waals surface area contributed by atoms with Gasteiger partial charge in [0.25, 0.3) is 0 Å². The molecule has 7 heteroatoms. The van der Waals surface area contributed by atoms with Crippen molar-refractivity contribution in [2.75, 3.05) is 0 Å². The lowest BCUT2D eigenvalue weighted by atomic mass is 9.99. The Morgan fingerprint density at radius 2 is 1.43 bits per heavy atom. The Balaban J connectivity index is 1.53. The summed E-state index contributed by atoms with van der Waals surface area (Å²) in [5.41, 5.74) is 5.46. The van der Waals surface area contributed by atoms with Gasteiger partial charge in [-0.15, -0.1) is 0 Å². The molecule has 0 fully saturated rings. The van der Waals surface area contributed by atoms with E-state index in [-0.39, 0.29) is 5.78 Å². The Hall–Kier alpha value is -4.16. The second-order valence-corrected chi connectivity index (χ2v) is 8.67. The first kappa shape index (κ1) is 22.6. The molecular formula is C28H21ClN2O4. The molecule has 5 aromatic rings. The van der Waals surface area contributed by atoms with Crippen LogP contribution in [0.4, 0.5) is 0 Å². The second kappa shape index (κ2) is 8.89. The molecule has 35 heavy (non-hydrogen) atoms. The van der Waals surface area contributed by atoms with Crippen LogP contribution < -0.4 is 0 Å². The summed E-state index contributed by atoms with van der Waals surface area (Å²) in [4.78, 5) is 29.2. The van der Waals surface area contributed by atoms with Gasteiger partial charge in [0, 0.05) is 52.5 Å². The maximum absolute atomic E-state index is 13.3. The average Bonchev–Trinajstić information content (AvgIpc) is 3.43. The van der Waals surface area contributed by atoms with E-state index in [2.05, 4.69) is 9.72 Å². The fraction of sp³-hybridized carbons (Fsp3) is 0.107. The molecule has 0 spiro atoms. The van der Waals surface area contributed by atoms with Gasteiger partial charge >= 0.3 is 5.97 Å². The zero-order valence-corrected chi connectivity index (χ0v) is 20.1. The van der Waals surface area contributed by atoms with E-state index in [1.807, 2.05) is 55.6 Å². The highest BCUT2D eigenvalue weighted by Crippen LogP contribution is 2.31. The van der Waals surface area contributed by atoms with Crippen LogP contribution in [0.15, 0.2) is 82.4 Å². The van der Waals surface area contributed by atoms with E-state index in [9.17, 15) is 9.59 Å². The SMILES string of the molecule is CC(=O)ON=C(C)c1ccc2c(c1)c1cc(C(=O)c3ccc(-c4ccc(Cl)o4)cc3)ccc1n2C. The van der Waals surface area contributed by atoms with Crippen molar-refractivity contribution in [3.63, 3.8) is 0 Å². The molecule has 6 nitrogen and oxygen atoms in total. The number of furan rings is 1. The van der Waals surface area contributed by atoms with Gasteiger partial charge in [-0.25, -0.2) is 4.79 Å². The molecule has 3 aromatic carbocycles. The van der Waals surface area contributed by atoms with Gasteiger partial charge in [0.15, 0.2) is 11.0 Å². The van der Waals surface area contributed by atoms with Crippen molar-refractivity contribution in [1.82, 2.24) is 4.57 Å². The maximum Gasteiger partial charge on any atom is 0.331 e. The zero-order chi connectivity index (χ0) is 24.7. The molecule has 174 valence electrons. The summed E-state index contributed by atoms with van der Waals surface area (Å²) in [5.74, 6) is 0.103. The minimum atomic E-state index is -0.472. The number of carbonyl (C=O) groups is 2. The van der Waals surface area contributed by atoms with Gasteiger partial charge < -0.3 is 13.8 Å². The van der Waals surface area contributed by atoms with Crippen molar-refractivity contribution in [2.24, 2.45) is 12.2 Å². The molecule has 0 atom stereocenters. The quantitative estimate of drug-likeness (QED) is 0.119. The van der Waals surface area contributed by atoms with Crippen molar-refractivity contribution in [2.45, 2.75) is 13.8 Å². The van der Waals surface area contributed by atoms with Crippen LogP contribution in [0, 0.1) is 0 Å². The monoisotopic (exact) mass is 484 g/mol. The highest BCUT2D eigenvalue weighted by Gasteiger charge is 2.15. The topological polar surface area (TPSA) is 73.8 Å². The van der Waals surface area contributed by atoms with Crippen LogP contribution in [0.2, 0.25) is 5.22 Å². The van der Waals surface area contributed by atoms with Gasteiger partial charge in [0.2, 0.25) is 0 Å². The van der Waals surface area contributed by atoms with Crippen LogP contribution >= 0.6 is 11.6 Å². The van der Waals surface area contributed by atoms with Crippen LogP contribution in [0.1, 0.15) is 35.3 Å². The summed E-state index contributed by atoms with van der Waals surface area (Å²) in [6.45, 7) is 3.09. The molecule has 0 bridgehead atoms. The van der Waals surface area contributed by atoms with Gasteiger partial charge in [0.05, 0.1) is 5.71 Å². The van der Waals surface area contributed by atoms with Crippen molar-refractivity contribution >= 4 is 50.9 Å². The number of nitrogens with zero attached hydrogens (tertiary/aromatic N) is 2. The number of hydrogen-bond donors (Lipinski definition) is 0. The molecule has 0 saturated heterocycles. The normalized spacial score (nSPS) is 11.8. The fourth-order valence-electron chi connectivity index (χ4n) is 4.19. The molecule has 0 amide bonds. The van der Waals surface area contributed by atoms with Crippen molar-refractivity contribution < 1.29 is 18.8 Å². The number of halogens is 1. The standard InChI is InChI=1S/C28H21ClN2O4/c1-16(30-35-17(2)32)20-8-10-24-22(14-20)23-15-21(9-11-25(23)31(24)3)28(33)19-6-4-18(5-7-19)26-12-13-27(29)34-26/h4-15H,1-3H3. The Bertz CT molecular complexity index is 1640. The highest BCUT2D eigenvalue weighted by molar-refractivity contribution is 6.29. The third-order valence-corrected chi connectivity index (χ3v) is 6.21. The van der Waals surface area contributed by atoms with E-state index in [0.717, 1.165) is 32.9 Å². The summed E-state index contributed by atoms with van der Waals surface area (Å²) in [7, 11) is 1.99. The van der Waals surface area contributed by atoms with Gasteiger partial charge in [0.1, 0.15) is 5.76 Å². The Kier molecular flexibility index (Phi) is 5.75. The largest absolute Gasteiger partial charge is 0.445 e. The number of aryl methyl sites for hydroxylation is 1. The van der Waals surface area contributed by atoms with E-state index in [1.54, 1.807) is 31.2 Å². The third kappa shape index (κ3) is 4.24. The van der Waals surface area contributed by atoms with Crippen LogP contribution in [0.5, 0.6) is 0 Å². The van der Waals surface area contributed by atoms with Crippen LogP contribution in [-0.4, -0.2) is 22.0 Å². The van der Waals surface area contributed by atoms with E-state index in [4.69, 9.17) is 20.9 Å². The first-order valence-corrected chi connectivity index (χ1v) is 11.3. The number of oxime groups is 1. The molecule has 2 heterocycles. The number of ketones is 1. The molecule has 0 N–H and O–H groups in total. The minimum absolute atomic E-state index is 0.0725. The van der Waals surface area contributed by atoms with E-state index >= 15 is 0 Å². The molecule has 0 unspecified atom stereocenters. The summed E-state index contributed by atoms with van der Waals surface area (Å²) in [5, 5.41) is 6.15. The fourth-order valence-corrected chi connectivity index (χ4v) is 4.34. The van der Waals surface area contributed by atoms with Gasteiger partial charge in [-0.2, -0.15) is 0 Å². The number of fused-ring (bicyclic) bond motifs is 3. The Morgan fingerprint density at radius 1 is 0.829 bits per heavy atom. The molecule has 0 aliphatic carbocycles. The Morgan fingerprint density at radius 3 is 2.03 bits per heavy atom. The van der Waals surface area contributed by atoms with E-state index in [0.29, 0.717) is 27.8 Å². The predicted molar refractivity (Wildman–Crippen MR) is 137 cm³/mol. The molecule has 5 rings (SSSR count). The van der Waals surface area contributed by atoms with Crippen molar-refractivity contribution in [1.29, 1.82) is 0 Å². The van der Waals surface area contributed by atoms with Gasteiger partial charge in [-0.1, -0.05) is 35.5 Å². The second-order valence-electron chi connectivity index (χ2n) is 8.29. The molecular weight excluding hydrogens is 464 g/mol. The molecule has 0 aliphatic heterocycles. The first-order valence-electron chi connectivity index (χ1n) is 11.0. The maximum atomic E-state index is 13.3. The summed E-state index contributed by atoms with van der Waals surface area (Å²) < 4.78 is 7.53. The Labute approximate surface area is 206 Å². The summed E-state index contributed by atoms with van der Waals surface area (Å²) >= 11 is 5.87. The zero-order valence-electron chi connectivity index (χ0n) is 19.3. The first-order chi connectivity index (χ1) is 16.8. The van der Waals surface area contributed by atoms with Crippen molar-refractivity contribution in [3.05, 3.63) is 94.7 Å². The highest BCUT2D eigenvalue weighted by atomic mass is 35.5. The van der Waals surface area contributed by atoms with Crippen LogP contribution in [0.3, 0.4) is 0 Å². The number of benzene rings is 3. The predicted octanol–water partition coefficient (Wildman–Crippen LogP) is 6.76. The van der Waals surface area contributed by atoms with E-state index < -0.39 is 5.97 Å². The lowest BCUT2D eigenvalue weighted by Crippen LogP contribution is -2.01. The third-order valence-electron chi connectivity index (χ3n) is 6.00. The summed E-state index contributed by atoms with van der Waals surface area (Å²) in [6, 6.07) is 22.4. The summed E-state index contributed by atoms with van der Waals surface area (Å²) in [6.07, 6.45) is 0. The average molecular weight is 485 g/mol. The molecule has 0 saturated carbocycles. The van der Waals surface area contributed by atoms with Gasteiger partial charge in [-0.3, -0.25) is 4.79 Å². The number of rotatable bonds is 5. The number of carbonyl (C=O) groups excluding carboxylic acids is 2. The minimum Gasteiger partial charge on any atom is -0.445 e.